The lowest BCUT2D eigenvalue weighted by Gasteiger charge is -2.08. The average molecular weight is 288 g/mol. The molecular weight excluding hydrogens is 272 g/mol. The quantitative estimate of drug-likeness (QED) is 0.835. The third kappa shape index (κ3) is 3.25. The molecule has 7 heteroatoms. The number of methoxy groups -OCH3 is 1. The molecule has 1 aromatic heterocycles. The van der Waals surface area contributed by atoms with Crippen molar-refractivity contribution in [3.63, 3.8) is 0 Å². The molecule has 0 atom stereocenters. The summed E-state index contributed by atoms with van der Waals surface area (Å²) in [5, 5.41) is 9.25. The first kappa shape index (κ1) is 14.7. The average Bonchev–Trinajstić information content (AvgIpc) is 2.97. The topological polar surface area (TPSA) is 97.0 Å². The fourth-order valence-electron chi connectivity index (χ4n) is 1.78. The molecule has 0 aliphatic carbocycles. The fraction of sp³-hybridized carbons (Fsp3) is 0.286. The molecule has 0 aliphatic rings. The third-order valence-electron chi connectivity index (χ3n) is 2.97. The molecule has 2 N–H and O–H groups in total. The van der Waals surface area contributed by atoms with Crippen LogP contribution in [-0.2, 0) is 11.2 Å². The lowest BCUT2D eigenvalue weighted by Crippen LogP contribution is -2.15. The van der Waals surface area contributed by atoms with E-state index in [0.29, 0.717) is 23.5 Å². The van der Waals surface area contributed by atoms with Gasteiger partial charge in [0.05, 0.1) is 12.7 Å². The van der Waals surface area contributed by atoms with Gasteiger partial charge in [0.2, 0.25) is 5.82 Å². The van der Waals surface area contributed by atoms with Gasteiger partial charge in [-0.3, -0.25) is 9.89 Å². The molecule has 110 valence electrons. The van der Waals surface area contributed by atoms with E-state index in [1.165, 1.54) is 7.11 Å². The zero-order valence-electron chi connectivity index (χ0n) is 12.1. The number of rotatable bonds is 4. The van der Waals surface area contributed by atoms with E-state index < -0.39 is 11.9 Å². The van der Waals surface area contributed by atoms with E-state index in [0.717, 1.165) is 5.56 Å². The van der Waals surface area contributed by atoms with Gasteiger partial charge >= 0.3 is 5.97 Å². The first-order valence-electron chi connectivity index (χ1n) is 6.46. The molecule has 0 spiro atoms. The van der Waals surface area contributed by atoms with Gasteiger partial charge in [0.1, 0.15) is 5.82 Å². The Bertz CT molecular complexity index is 679. The molecule has 21 heavy (non-hydrogen) atoms. The number of benzene rings is 1. The van der Waals surface area contributed by atoms with Gasteiger partial charge in [-0.25, -0.2) is 9.78 Å². The number of anilines is 1. The number of nitrogens with one attached hydrogen (secondary N) is 2. The van der Waals surface area contributed by atoms with Crippen molar-refractivity contribution in [3.05, 3.63) is 41.0 Å². The Balaban J connectivity index is 2.16. The summed E-state index contributed by atoms with van der Waals surface area (Å²) < 4.78 is 4.65. The van der Waals surface area contributed by atoms with Crippen molar-refractivity contribution in [2.24, 2.45) is 0 Å². The highest BCUT2D eigenvalue weighted by Crippen LogP contribution is 2.17. The van der Waals surface area contributed by atoms with Crippen molar-refractivity contribution in [3.8, 4) is 0 Å². The van der Waals surface area contributed by atoms with Crippen LogP contribution in [0.15, 0.2) is 18.2 Å². The highest BCUT2D eigenvalue weighted by Gasteiger charge is 2.14. The van der Waals surface area contributed by atoms with Crippen LogP contribution in [0, 0.1) is 6.92 Å². The summed E-state index contributed by atoms with van der Waals surface area (Å²) >= 11 is 0. The molecule has 0 saturated heterocycles. The van der Waals surface area contributed by atoms with E-state index in [4.69, 9.17) is 0 Å². The Morgan fingerprint density at radius 2 is 2.14 bits per heavy atom. The number of hydrogen-bond acceptors (Lipinski definition) is 5. The van der Waals surface area contributed by atoms with E-state index in [1.54, 1.807) is 25.1 Å². The number of amides is 1. The molecule has 2 rings (SSSR count). The predicted octanol–water partition coefficient (Wildman–Crippen LogP) is 1.71. The zero-order valence-corrected chi connectivity index (χ0v) is 12.1. The molecule has 7 nitrogen and oxygen atoms in total. The van der Waals surface area contributed by atoms with Crippen LogP contribution in [0.1, 0.15) is 39.3 Å². The summed E-state index contributed by atoms with van der Waals surface area (Å²) in [7, 11) is 1.32. The van der Waals surface area contributed by atoms with Crippen LogP contribution in [0.3, 0.4) is 0 Å². The molecular formula is C14H16N4O3. The second kappa shape index (κ2) is 6.17. The van der Waals surface area contributed by atoms with Gasteiger partial charge in [-0.15, -0.1) is 5.10 Å². The van der Waals surface area contributed by atoms with Crippen molar-refractivity contribution in [1.29, 1.82) is 0 Å². The van der Waals surface area contributed by atoms with Gasteiger partial charge < -0.3 is 10.1 Å². The van der Waals surface area contributed by atoms with E-state index in [1.807, 2.05) is 6.92 Å². The number of esters is 1. The monoisotopic (exact) mass is 288 g/mol. The summed E-state index contributed by atoms with van der Waals surface area (Å²) in [5.41, 5.74) is 1.77. The van der Waals surface area contributed by atoms with Crippen molar-refractivity contribution < 1.29 is 14.3 Å². The van der Waals surface area contributed by atoms with Crippen molar-refractivity contribution >= 4 is 17.6 Å². The fourth-order valence-corrected chi connectivity index (χ4v) is 1.78. The van der Waals surface area contributed by atoms with Crippen LogP contribution < -0.4 is 5.32 Å². The second-order valence-corrected chi connectivity index (χ2v) is 4.43. The maximum atomic E-state index is 12.0. The maximum Gasteiger partial charge on any atom is 0.337 e. The highest BCUT2D eigenvalue weighted by molar-refractivity contribution is 6.02. The normalized spacial score (nSPS) is 10.2. The Morgan fingerprint density at radius 3 is 2.71 bits per heavy atom. The highest BCUT2D eigenvalue weighted by atomic mass is 16.5. The molecule has 0 aliphatic heterocycles. The van der Waals surface area contributed by atoms with Gasteiger partial charge in [-0.1, -0.05) is 6.92 Å². The molecule has 0 saturated carbocycles. The second-order valence-electron chi connectivity index (χ2n) is 4.43. The molecule has 2 aromatic rings. The Hall–Kier alpha value is -2.70. The van der Waals surface area contributed by atoms with E-state index >= 15 is 0 Å². The summed E-state index contributed by atoms with van der Waals surface area (Å²) in [6.07, 6.45) is 0.674. The van der Waals surface area contributed by atoms with E-state index in [9.17, 15) is 9.59 Å². The molecule has 1 heterocycles. The minimum Gasteiger partial charge on any atom is -0.465 e. The van der Waals surface area contributed by atoms with Gasteiger partial charge in [0.25, 0.3) is 5.91 Å². The lowest BCUT2D eigenvalue weighted by atomic mass is 10.1. The predicted molar refractivity (Wildman–Crippen MR) is 76.2 cm³/mol. The number of carbonyl (C=O) groups is 2. The summed E-state index contributed by atoms with van der Waals surface area (Å²) in [6, 6.07) is 4.88. The van der Waals surface area contributed by atoms with Crippen LogP contribution in [-0.4, -0.2) is 34.2 Å². The zero-order chi connectivity index (χ0) is 15.4. The lowest BCUT2D eigenvalue weighted by molar-refractivity contribution is 0.0600. The van der Waals surface area contributed by atoms with Crippen molar-refractivity contribution in [1.82, 2.24) is 15.2 Å². The number of nitrogens with zero attached hydrogens (tertiary/aromatic N) is 2. The minimum atomic E-state index is -0.419. The van der Waals surface area contributed by atoms with Crippen molar-refractivity contribution in [2.45, 2.75) is 20.3 Å². The molecule has 0 unspecified atom stereocenters. The smallest absolute Gasteiger partial charge is 0.337 e. The van der Waals surface area contributed by atoms with Gasteiger partial charge in [-0.2, -0.15) is 0 Å². The summed E-state index contributed by atoms with van der Waals surface area (Å²) in [5.74, 6) is -0.0846. The third-order valence-corrected chi connectivity index (χ3v) is 2.97. The molecule has 0 radical (unpaired) electrons. The first-order valence-corrected chi connectivity index (χ1v) is 6.46. The molecule has 1 amide bonds. The van der Waals surface area contributed by atoms with Crippen LogP contribution in [0.2, 0.25) is 0 Å². The standard InChI is InChI=1S/C14H16N4O3/c1-4-11-16-12(18-17-11)13(19)15-10-6-5-9(7-8(10)2)14(20)21-3/h5-7H,4H2,1-3H3,(H,15,19)(H,16,17,18). The molecule has 0 fully saturated rings. The number of hydrogen-bond donors (Lipinski definition) is 2. The number of ether oxygens (including phenoxy) is 1. The van der Waals surface area contributed by atoms with Gasteiger partial charge in [0.15, 0.2) is 0 Å². The largest absolute Gasteiger partial charge is 0.465 e. The number of carbonyl (C=O) groups excluding carboxylic acids is 2. The molecule has 0 bridgehead atoms. The number of aryl methyl sites for hydroxylation is 2. The Morgan fingerprint density at radius 1 is 1.38 bits per heavy atom. The Kier molecular flexibility index (Phi) is 4.32. The summed E-state index contributed by atoms with van der Waals surface area (Å²) in [6.45, 7) is 3.70. The number of aromatic nitrogens is 3. The number of aromatic amines is 1. The number of H-pyrrole nitrogens is 1. The minimum absolute atomic E-state index is 0.0864. The van der Waals surface area contributed by atoms with Crippen LogP contribution in [0.5, 0.6) is 0 Å². The van der Waals surface area contributed by atoms with Crippen LogP contribution >= 0.6 is 0 Å². The summed E-state index contributed by atoms with van der Waals surface area (Å²) in [4.78, 5) is 27.5. The van der Waals surface area contributed by atoms with Crippen molar-refractivity contribution in [2.75, 3.05) is 12.4 Å². The van der Waals surface area contributed by atoms with Crippen LogP contribution in [0.4, 0.5) is 5.69 Å². The van der Waals surface area contributed by atoms with Gasteiger partial charge in [0, 0.05) is 12.1 Å². The SMILES string of the molecule is CCc1nc(C(=O)Nc2ccc(C(=O)OC)cc2C)n[nH]1. The van der Waals surface area contributed by atoms with E-state index in [-0.39, 0.29) is 5.82 Å². The van der Waals surface area contributed by atoms with Crippen LogP contribution in [0.25, 0.3) is 0 Å². The Labute approximate surface area is 121 Å². The first-order chi connectivity index (χ1) is 10.0. The van der Waals surface area contributed by atoms with Gasteiger partial charge in [-0.05, 0) is 30.7 Å². The van der Waals surface area contributed by atoms with E-state index in [2.05, 4.69) is 25.2 Å². The molecule has 1 aromatic carbocycles. The maximum absolute atomic E-state index is 12.0.